The molecular weight excluding hydrogens is 577 g/mol. The Morgan fingerprint density at radius 3 is 2.50 bits per heavy atom. The second-order valence-corrected chi connectivity index (χ2v) is 10.8. The molecule has 1 aliphatic heterocycles. The number of aryl methyl sites for hydroxylation is 1. The zero-order valence-electron chi connectivity index (χ0n) is 23.7. The summed E-state index contributed by atoms with van der Waals surface area (Å²) in [5.74, 6) is 1.87. The zero-order chi connectivity index (χ0) is 30.0. The van der Waals surface area contributed by atoms with Gasteiger partial charge in [-0.05, 0) is 37.7 Å². The molecule has 3 heterocycles. The number of rotatable bonds is 10. The molecule has 1 aliphatic rings. The van der Waals surface area contributed by atoms with Crippen molar-refractivity contribution in [3.8, 4) is 22.8 Å². The van der Waals surface area contributed by atoms with Crippen LogP contribution < -0.4 is 25.4 Å². The molecule has 0 saturated carbocycles. The van der Waals surface area contributed by atoms with E-state index in [0.717, 1.165) is 24.0 Å². The molecule has 42 heavy (non-hydrogen) atoms. The van der Waals surface area contributed by atoms with Crippen LogP contribution in [0.5, 0.6) is 11.5 Å². The van der Waals surface area contributed by atoms with Gasteiger partial charge >= 0.3 is 0 Å². The maximum absolute atomic E-state index is 12.0. The zero-order valence-corrected chi connectivity index (χ0v) is 25.2. The summed E-state index contributed by atoms with van der Waals surface area (Å²) >= 11 is 13.5. The molecule has 10 nitrogen and oxygen atoms in total. The number of anilines is 4. The van der Waals surface area contributed by atoms with Crippen molar-refractivity contribution in [2.45, 2.75) is 6.92 Å². The number of amides is 1. The monoisotopic (exact) mass is 607 g/mol. The van der Waals surface area contributed by atoms with E-state index in [4.69, 9.17) is 42.6 Å². The van der Waals surface area contributed by atoms with Crippen LogP contribution in [0.4, 0.5) is 23.1 Å². The molecule has 0 atom stereocenters. The summed E-state index contributed by atoms with van der Waals surface area (Å²) in [7, 11) is 5.15. The van der Waals surface area contributed by atoms with Crippen molar-refractivity contribution >= 4 is 63.2 Å². The van der Waals surface area contributed by atoms with E-state index in [1.807, 2.05) is 25.1 Å². The third-order valence-corrected chi connectivity index (χ3v) is 7.80. The number of carbonyl (C=O) groups is 1. The Morgan fingerprint density at radius 1 is 1.14 bits per heavy atom. The van der Waals surface area contributed by atoms with E-state index >= 15 is 0 Å². The Balaban J connectivity index is 1.60. The molecule has 1 saturated heterocycles. The molecule has 4 aromatic rings. The number of ether oxygens (including phenoxy) is 2. The Labute approximate surface area is 254 Å². The number of hydrogen-bond donors (Lipinski definition) is 3. The van der Waals surface area contributed by atoms with Gasteiger partial charge in [0.1, 0.15) is 17.0 Å². The first-order valence-corrected chi connectivity index (χ1v) is 14.0. The topological polar surface area (TPSA) is 114 Å². The summed E-state index contributed by atoms with van der Waals surface area (Å²) in [6.07, 6.45) is 2.92. The van der Waals surface area contributed by atoms with Crippen LogP contribution in [0.2, 0.25) is 10.0 Å². The molecule has 12 heteroatoms. The van der Waals surface area contributed by atoms with E-state index < -0.39 is 0 Å². The molecule has 0 bridgehead atoms. The number of fused-ring (bicyclic) bond motifs is 1. The van der Waals surface area contributed by atoms with Crippen molar-refractivity contribution in [2.24, 2.45) is 5.92 Å². The number of pyridine rings is 1. The predicted molar refractivity (Wildman–Crippen MR) is 169 cm³/mol. The predicted octanol–water partition coefficient (Wildman–Crippen LogP) is 6.17. The molecular formula is C30H31Cl2N7O3. The van der Waals surface area contributed by atoms with Crippen LogP contribution in [0.15, 0.2) is 49.2 Å². The first-order chi connectivity index (χ1) is 20.2. The quantitative estimate of drug-likeness (QED) is 0.182. The van der Waals surface area contributed by atoms with Crippen LogP contribution >= 0.6 is 23.2 Å². The molecule has 0 radical (unpaired) electrons. The highest BCUT2D eigenvalue weighted by Crippen LogP contribution is 2.46. The van der Waals surface area contributed by atoms with Gasteiger partial charge in [-0.3, -0.25) is 4.79 Å². The Morgan fingerprint density at radius 2 is 1.86 bits per heavy atom. The number of nitrogens with zero attached hydrogens (tertiary/aromatic N) is 4. The van der Waals surface area contributed by atoms with Gasteiger partial charge in [-0.25, -0.2) is 15.0 Å². The maximum atomic E-state index is 12.0. The average Bonchev–Trinajstić information content (AvgIpc) is 2.96. The van der Waals surface area contributed by atoms with Crippen molar-refractivity contribution in [2.75, 3.05) is 56.9 Å². The van der Waals surface area contributed by atoms with Gasteiger partial charge in [-0.2, -0.15) is 0 Å². The summed E-state index contributed by atoms with van der Waals surface area (Å²) in [4.78, 5) is 28.6. The summed E-state index contributed by atoms with van der Waals surface area (Å²) in [5, 5.41) is 10.9. The minimum absolute atomic E-state index is 0.314. The molecule has 218 valence electrons. The van der Waals surface area contributed by atoms with Crippen LogP contribution in [0, 0.1) is 12.8 Å². The molecule has 0 spiro atoms. The second kappa shape index (κ2) is 12.4. The smallest absolute Gasteiger partial charge is 0.247 e. The molecule has 0 aliphatic carbocycles. The van der Waals surface area contributed by atoms with Crippen LogP contribution in [-0.2, 0) is 4.79 Å². The second-order valence-electron chi connectivity index (χ2n) is 10.1. The van der Waals surface area contributed by atoms with Gasteiger partial charge in [0.15, 0.2) is 5.82 Å². The summed E-state index contributed by atoms with van der Waals surface area (Å²) in [6.45, 7) is 8.15. The van der Waals surface area contributed by atoms with Crippen molar-refractivity contribution < 1.29 is 14.3 Å². The Hall–Kier alpha value is -4.12. The van der Waals surface area contributed by atoms with Gasteiger partial charge in [0.2, 0.25) is 11.9 Å². The molecule has 2 aromatic carbocycles. The SMILES string of the molecule is C=CC(=O)Nc1cccc(C)c1Nc1ncc2cc(-c3c(Cl)c(OC)cc(OC)c3Cl)nc(NCC3CN(C)C3)c2n1. The van der Waals surface area contributed by atoms with E-state index in [-0.39, 0.29) is 5.91 Å². The van der Waals surface area contributed by atoms with E-state index in [2.05, 4.69) is 39.5 Å². The van der Waals surface area contributed by atoms with Gasteiger partial charge in [0, 0.05) is 48.8 Å². The number of aromatic nitrogens is 3. The maximum Gasteiger partial charge on any atom is 0.247 e. The van der Waals surface area contributed by atoms with Crippen LogP contribution in [0.3, 0.4) is 0 Å². The highest BCUT2D eigenvalue weighted by molar-refractivity contribution is 6.41. The number of benzene rings is 2. The standard InChI is InChI=1S/C30H31Cl2N7O3/c1-6-23(40)35-19-9-7-8-16(2)27(19)37-30-34-13-18-10-20(24-25(31)21(41-4)11-22(42-5)26(24)32)36-29(28(18)38-30)33-12-17-14-39(3)15-17/h6-11,13,17H,1,12,14-15H2,2-5H3,(H,33,36)(H,35,40)(H,34,37,38). The van der Waals surface area contributed by atoms with Crippen molar-refractivity contribution in [1.29, 1.82) is 0 Å². The fraction of sp³-hybridized carbons (Fsp3) is 0.267. The molecule has 0 unspecified atom stereocenters. The number of para-hydroxylation sites is 1. The first kappa shape index (κ1) is 29.4. The third kappa shape index (κ3) is 5.92. The van der Waals surface area contributed by atoms with E-state index in [1.54, 1.807) is 18.3 Å². The number of methoxy groups -OCH3 is 2. The van der Waals surface area contributed by atoms with E-state index in [0.29, 0.717) is 73.9 Å². The summed E-state index contributed by atoms with van der Waals surface area (Å²) in [5.41, 5.74) is 3.76. The van der Waals surface area contributed by atoms with E-state index in [9.17, 15) is 4.79 Å². The van der Waals surface area contributed by atoms with Crippen molar-refractivity contribution in [3.05, 3.63) is 64.8 Å². The lowest BCUT2D eigenvalue weighted by atomic mass is 10.0. The fourth-order valence-electron chi connectivity index (χ4n) is 4.89. The van der Waals surface area contributed by atoms with Crippen LogP contribution in [0.1, 0.15) is 5.56 Å². The van der Waals surface area contributed by atoms with Crippen LogP contribution in [0.25, 0.3) is 22.2 Å². The minimum Gasteiger partial charge on any atom is -0.495 e. The van der Waals surface area contributed by atoms with E-state index in [1.165, 1.54) is 20.3 Å². The number of likely N-dealkylation sites (tertiary alicyclic amines) is 1. The van der Waals surface area contributed by atoms with Gasteiger partial charge in [-0.1, -0.05) is 41.9 Å². The highest BCUT2D eigenvalue weighted by Gasteiger charge is 2.25. The Bertz CT molecular complexity index is 1650. The summed E-state index contributed by atoms with van der Waals surface area (Å²) < 4.78 is 10.9. The van der Waals surface area contributed by atoms with Crippen molar-refractivity contribution in [1.82, 2.24) is 19.9 Å². The summed E-state index contributed by atoms with van der Waals surface area (Å²) in [6, 6.07) is 9.05. The molecule has 1 amide bonds. The van der Waals surface area contributed by atoms with Crippen molar-refractivity contribution in [3.63, 3.8) is 0 Å². The number of nitrogens with one attached hydrogen (secondary N) is 3. The number of carbonyl (C=O) groups excluding carboxylic acids is 1. The highest BCUT2D eigenvalue weighted by atomic mass is 35.5. The lowest BCUT2D eigenvalue weighted by molar-refractivity contribution is -0.111. The number of hydrogen-bond acceptors (Lipinski definition) is 9. The molecule has 2 aromatic heterocycles. The minimum atomic E-state index is -0.320. The van der Waals surface area contributed by atoms with Gasteiger partial charge in [-0.15, -0.1) is 0 Å². The third-order valence-electron chi connectivity index (χ3n) is 7.05. The first-order valence-electron chi connectivity index (χ1n) is 13.2. The van der Waals surface area contributed by atoms with Gasteiger partial charge in [0.25, 0.3) is 0 Å². The lowest BCUT2D eigenvalue weighted by Gasteiger charge is -2.36. The normalized spacial score (nSPS) is 13.4. The van der Waals surface area contributed by atoms with Crippen LogP contribution in [-0.4, -0.2) is 66.7 Å². The Kier molecular flexibility index (Phi) is 8.67. The molecule has 5 rings (SSSR count). The largest absolute Gasteiger partial charge is 0.495 e. The molecule has 1 fully saturated rings. The van der Waals surface area contributed by atoms with Gasteiger partial charge in [0.05, 0.1) is 41.3 Å². The molecule has 3 N–H and O–H groups in total. The average molecular weight is 609 g/mol. The number of halogens is 2. The fourth-order valence-corrected chi connectivity index (χ4v) is 5.59. The van der Waals surface area contributed by atoms with Gasteiger partial charge < -0.3 is 30.3 Å². The lowest BCUT2D eigenvalue weighted by Crippen LogP contribution is -2.46.